The summed E-state index contributed by atoms with van der Waals surface area (Å²) in [5.74, 6) is 1.03. The second kappa shape index (κ2) is 4.01. The summed E-state index contributed by atoms with van der Waals surface area (Å²) in [5.41, 5.74) is 0.681. The molecule has 80 valence electrons. The zero-order chi connectivity index (χ0) is 10.8. The van der Waals surface area contributed by atoms with Gasteiger partial charge in [0.05, 0.1) is 0 Å². The minimum atomic E-state index is 0.0698. The van der Waals surface area contributed by atoms with Gasteiger partial charge in [0.1, 0.15) is 5.82 Å². The molecule has 15 heavy (non-hydrogen) atoms. The van der Waals surface area contributed by atoms with Crippen molar-refractivity contribution in [3.63, 3.8) is 0 Å². The van der Waals surface area contributed by atoms with Crippen LogP contribution < -0.4 is 4.90 Å². The van der Waals surface area contributed by atoms with Crippen molar-refractivity contribution >= 4 is 11.6 Å². The van der Waals surface area contributed by atoms with E-state index in [1.165, 1.54) is 19.3 Å². The number of nitrogens with zero attached hydrogens (tertiary/aromatic N) is 2. The van der Waals surface area contributed by atoms with Gasteiger partial charge in [0.25, 0.3) is 0 Å². The molecular formula is C12H16N2O. The fourth-order valence-corrected chi connectivity index (χ4v) is 1.76. The summed E-state index contributed by atoms with van der Waals surface area (Å²) in [6.07, 6.45) is 5.49. The van der Waals surface area contributed by atoms with Crippen molar-refractivity contribution in [3.8, 4) is 0 Å². The van der Waals surface area contributed by atoms with Crippen LogP contribution in [0.4, 0.5) is 5.82 Å². The van der Waals surface area contributed by atoms with Gasteiger partial charge in [-0.3, -0.25) is 4.79 Å². The molecule has 1 aliphatic carbocycles. The number of aromatic nitrogens is 1. The van der Waals surface area contributed by atoms with Crippen molar-refractivity contribution < 1.29 is 4.79 Å². The second-order valence-electron chi connectivity index (χ2n) is 4.16. The first-order valence-electron chi connectivity index (χ1n) is 5.38. The highest BCUT2D eigenvalue weighted by atomic mass is 16.1. The Labute approximate surface area is 90.1 Å². The zero-order valence-electron chi connectivity index (χ0n) is 9.23. The quantitative estimate of drug-likeness (QED) is 0.708. The molecule has 0 amide bonds. The van der Waals surface area contributed by atoms with Gasteiger partial charge in [-0.05, 0) is 38.3 Å². The van der Waals surface area contributed by atoms with Crippen molar-refractivity contribution in [1.29, 1.82) is 0 Å². The number of rotatable bonds is 3. The fraction of sp³-hybridized carbons (Fsp3) is 0.500. The van der Waals surface area contributed by atoms with Gasteiger partial charge in [-0.1, -0.05) is 0 Å². The van der Waals surface area contributed by atoms with Crippen molar-refractivity contribution in [2.45, 2.75) is 32.2 Å². The van der Waals surface area contributed by atoms with Crippen LogP contribution in [0.15, 0.2) is 18.3 Å². The number of ketones is 1. The number of hydrogen-bond acceptors (Lipinski definition) is 3. The van der Waals surface area contributed by atoms with Gasteiger partial charge in [-0.2, -0.15) is 0 Å². The third kappa shape index (κ3) is 2.01. The largest absolute Gasteiger partial charge is 0.357 e. The molecular weight excluding hydrogens is 188 g/mol. The number of carbonyl (C=O) groups excluding carboxylic acids is 1. The molecule has 0 spiro atoms. The predicted octanol–water partition coefficient (Wildman–Crippen LogP) is 2.27. The van der Waals surface area contributed by atoms with Crippen LogP contribution in [0, 0.1) is 0 Å². The van der Waals surface area contributed by atoms with Crippen LogP contribution in [-0.2, 0) is 0 Å². The van der Waals surface area contributed by atoms with Crippen molar-refractivity contribution in [2.24, 2.45) is 0 Å². The molecule has 1 fully saturated rings. The van der Waals surface area contributed by atoms with Gasteiger partial charge >= 0.3 is 0 Å². The normalized spacial score (nSPS) is 15.9. The average molecular weight is 204 g/mol. The summed E-state index contributed by atoms with van der Waals surface area (Å²) in [7, 11) is 2.07. The van der Waals surface area contributed by atoms with Gasteiger partial charge in [0, 0.05) is 24.8 Å². The molecule has 1 heterocycles. The summed E-state index contributed by atoms with van der Waals surface area (Å²) in [4.78, 5) is 17.6. The smallest absolute Gasteiger partial charge is 0.161 e. The first kappa shape index (κ1) is 10.1. The van der Waals surface area contributed by atoms with E-state index in [1.54, 1.807) is 13.1 Å². The molecule has 1 saturated carbocycles. The molecule has 0 atom stereocenters. The second-order valence-corrected chi connectivity index (χ2v) is 4.16. The minimum absolute atomic E-state index is 0.0698. The van der Waals surface area contributed by atoms with Gasteiger partial charge in [0.15, 0.2) is 5.78 Å². The van der Waals surface area contributed by atoms with E-state index in [-0.39, 0.29) is 5.78 Å². The predicted molar refractivity (Wildman–Crippen MR) is 60.3 cm³/mol. The maximum Gasteiger partial charge on any atom is 0.161 e. The van der Waals surface area contributed by atoms with Crippen molar-refractivity contribution in [2.75, 3.05) is 11.9 Å². The SMILES string of the molecule is CC(=O)c1ccc(N(C)C2CCC2)nc1. The van der Waals surface area contributed by atoms with Crippen molar-refractivity contribution in [3.05, 3.63) is 23.9 Å². The third-order valence-corrected chi connectivity index (χ3v) is 3.14. The van der Waals surface area contributed by atoms with Gasteiger partial charge in [-0.15, -0.1) is 0 Å². The first-order chi connectivity index (χ1) is 7.18. The maximum atomic E-state index is 11.1. The van der Waals surface area contributed by atoms with E-state index in [9.17, 15) is 4.79 Å². The van der Waals surface area contributed by atoms with Gasteiger partial charge < -0.3 is 4.90 Å². The Kier molecular flexibility index (Phi) is 2.71. The molecule has 2 rings (SSSR count). The standard InChI is InChI=1S/C12H16N2O/c1-9(15)10-6-7-12(13-8-10)14(2)11-4-3-5-11/h6-8,11H,3-5H2,1-2H3. The van der Waals surface area contributed by atoms with E-state index >= 15 is 0 Å². The van der Waals surface area contributed by atoms with Crippen LogP contribution in [0.2, 0.25) is 0 Å². The average Bonchev–Trinajstić information content (AvgIpc) is 2.15. The van der Waals surface area contributed by atoms with E-state index in [2.05, 4.69) is 16.9 Å². The van der Waals surface area contributed by atoms with E-state index in [1.807, 2.05) is 12.1 Å². The maximum absolute atomic E-state index is 11.1. The van der Waals surface area contributed by atoms with Gasteiger partial charge in [0.2, 0.25) is 0 Å². The molecule has 0 radical (unpaired) electrons. The van der Waals surface area contributed by atoms with Crippen LogP contribution in [0.5, 0.6) is 0 Å². The number of pyridine rings is 1. The minimum Gasteiger partial charge on any atom is -0.357 e. The Hall–Kier alpha value is -1.38. The highest BCUT2D eigenvalue weighted by Gasteiger charge is 2.22. The van der Waals surface area contributed by atoms with Crippen LogP contribution in [0.1, 0.15) is 36.5 Å². The van der Waals surface area contributed by atoms with E-state index in [0.29, 0.717) is 11.6 Å². The summed E-state index contributed by atoms with van der Waals surface area (Å²) in [6, 6.07) is 4.41. The molecule has 1 aromatic heterocycles. The Morgan fingerprint density at radius 2 is 2.20 bits per heavy atom. The monoisotopic (exact) mass is 204 g/mol. The Balaban J connectivity index is 2.11. The number of carbonyl (C=O) groups is 1. The van der Waals surface area contributed by atoms with Gasteiger partial charge in [-0.25, -0.2) is 4.98 Å². The van der Waals surface area contributed by atoms with Crippen LogP contribution >= 0.6 is 0 Å². The molecule has 0 bridgehead atoms. The Bertz CT molecular complexity index is 354. The lowest BCUT2D eigenvalue weighted by atomic mass is 9.92. The topological polar surface area (TPSA) is 33.2 Å². The molecule has 0 unspecified atom stereocenters. The first-order valence-corrected chi connectivity index (χ1v) is 5.38. The van der Waals surface area contributed by atoms with Crippen LogP contribution in [0.25, 0.3) is 0 Å². The third-order valence-electron chi connectivity index (χ3n) is 3.14. The lowest BCUT2D eigenvalue weighted by Gasteiger charge is -2.35. The van der Waals surface area contributed by atoms with Crippen LogP contribution in [-0.4, -0.2) is 23.9 Å². The molecule has 1 aromatic rings. The summed E-state index contributed by atoms with van der Waals surface area (Å²) in [6.45, 7) is 1.56. The number of anilines is 1. The highest BCUT2D eigenvalue weighted by molar-refractivity contribution is 5.93. The van der Waals surface area contributed by atoms with E-state index in [0.717, 1.165) is 5.82 Å². The van der Waals surface area contributed by atoms with E-state index < -0.39 is 0 Å². The highest BCUT2D eigenvalue weighted by Crippen LogP contribution is 2.26. The summed E-state index contributed by atoms with van der Waals surface area (Å²) < 4.78 is 0. The summed E-state index contributed by atoms with van der Waals surface area (Å²) in [5, 5.41) is 0. The van der Waals surface area contributed by atoms with Crippen LogP contribution in [0.3, 0.4) is 0 Å². The van der Waals surface area contributed by atoms with Crippen molar-refractivity contribution in [1.82, 2.24) is 4.98 Å². The molecule has 3 nitrogen and oxygen atoms in total. The summed E-state index contributed by atoms with van der Waals surface area (Å²) >= 11 is 0. The fourth-order valence-electron chi connectivity index (χ4n) is 1.76. The Morgan fingerprint density at radius 1 is 1.47 bits per heavy atom. The molecule has 0 saturated heterocycles. The zero-order valence-corrected chi connectivity index (χ0v) is 9.23. The lowest BCUT2D eigenvalue weighted by molar-refractivity contribution is 0.101. The Morgan fingerprint density at radius 3 is 2.60 bits per heavy atom. The molecule has 0 N–H and O–H groups in total. The molecule has 0 aliphatic heterocycles. The van der Waals surface area contributed by atoms with E-state index in [4.69, 9.17) is 0 Å². The number of hydrogen-bond donors (Lipinski definition) is 0. The molecule has 0 aromatic carbocycles. The molecule has 1 aliphatic rings. The lowest BCUT2D eigenvalue weighted by Crippen LogP contribution is -2.37. The molecule has 3 heteroatoms. The number of Topliss-reactive ketones (excluding diaryl/α,β-unsaturated/α-hetero) is 1.